The summed E-state index contributed by atoms with van der Waals surface area (Å²) in [7, 11) is 0. The van der Waals surface area contributed by atoms with Crippen LogP contribution in [0.4, 0.5) is 17.6 Å². The summed E-state index contributed by atoms with van der Waals surface area (Å²) in [5, 5.41) is 0. The second kappa shape index (κ2) is 11.9. The second-order valence-electron chi connectivity index (χ2n) is 12.3. The van der Waals surface area contributed by atoms with Crippen molar-refractivity contribution in [1.82, 2.24) is 0 Å². The number of hydrogen-bond acceptors (Lipinski definition) is 0. The molecule has 0 saturated heterocycles. The van der Waals surface area contributed by atoms with Crippen LogP contribution in [-0.4, -0.2) is 0 Å². The quantitative estimate of drug-likeness (QED) is 0.266. The fourth-order valence-electron chi connectivity index (χ4n) is 7.96. The van der Waals surface area contributed by atoms with Crippen LogP contribution in [0.1, 0.15) is 131 Å². The Hall–Kier alpha value is -1.84. The number of hydrogen-bond donors (Lipinski definition) is 0. The van der Waals surface area contributed by atoms with Crippen LogP contribution < -0.4 is 0 Å². The monoisotopic (exact) mass is 514 g/mol. The van der Waals surface area contributed by atoms with Gasteiger partial charge in [-0.2, -0.15) is 0 Å². The predicted molar refractivity (Wildman–Crippen MR) is 142 cm³/mol. The molecule has 3 aliphatic carbocycles. The van der Waals surface area contributed by atoms with Crippen LogP contribution in [0.2, 0.25) is 0 Å². The zero-order chi connectivity index (χ0) is 25.9. The molecule has 5 rings (SSSR count). The molecule has 0 N–H and O–H groups in total. The molecule has 0 radical (unpaired) electrons. The van der Waals surface area contributed by atoms with Crippen molar-refractivity contribution in [1.29, 1.82) is 0 Å². The van der Waals surface area contributed by atoms with Crippen molar-refractivity contribution in [3.8, 4) is 0 Å². The van der Waals surface area contributed by atoms with E-state index >= 15 is 4.39 Å². The zero-order valence-electron chi connectivity index (χ0n) is 22.3. The van der Waals surface area contributed by atoms with E-state index in [1.54, 1.807) is 6.07 Å². The van der Waals surface area contributed by atoms with Crippen molar-refractivity contribution in [3.63, 3.8) is 0 Å². The molecule has 0 unspecified atom stereocenters. The molecule has 37 heavy (non-hydrogen) atoms. The molecule has 0 spiro atoms. The average Bonchev–Trinajstić information content (AvgIpc) is 2.92. The standard InChI is InChI=1S/C33H42F4/c1-2-3-21-4-6-22(7-5-21)23-8-10-24(11-9-23)27-16-17-29(30(34)18-27)26-14-12-25(13-15-26)28-19-31(35)33(37)32(36)20-28/h16-26H,2-15H2,1H3. The molecule has 0 nitrogen and oxygen atoms in total. The lowest BCUT2D eigenvalue weighted by atomic mass is 9.68. The summed E-state index contributed by atoms with van der Waals surface area (Å²) < 4.78 is 56.0. The van der Waals surface area contributed by atoms with Gasteiger partial charge in [0.1, 0.15) is 5.82 Å². The lowest BCUT2D eigenvalue weighted by Gasteiger charge is -2.38. The highest BCUT2D eigenvalue weighted by molar-refractivity contribution is 5.31. The molecule has 3 aliphatic rings. The van der Waals surface area contributed by atoms with Gasteiger partial charge < -0.3 is 0 Å². The second-order valence-corrected chi connectivity index (χ2v) is 12.3. The van der Waals surface area contributed by atoms with Gasteiger partial charge in [0.15, 0.2) is 17.5 Å². The van der Waals surface area contributed by atoms with E-state index in [-0.39, 0.29) is 17.7 Å². The molecule has 0 atom stereocenters. The Morgan fingerprint density at radius 3 is 1.62 bits per heavy atom. The Balaban J connectivity index is 1.13. The molecule has 202 valence electrons. The molecule has 0 bridgehead atoms. The Morgan fingerprint density at radius 2 is 1.05 bits per heavy atom. The maximum absolute atomic E-state index is 15.3. The minimum Gasteiger partial charge on any atom is -0.207 e. The van der Waals surface area contributed by atoms with Crippen molar-refractivity contribution in [2.45, 2.75) is 115 Å². The van der Waals surface area contributed by atoms with E-state index in [9.17, 15) is 13.2 Å². The van der Waals surface area contributed by atoms with E-state index in [4.69, 9.17) is 0 Å². The third-order valence-electron chi connectivity index (χ3n) is 10.2. The summed E-state index contributed by atoms with van der Waals surface area (Å²) in [6.45, 7) is 2.30. The van der Waals surface area contributed by atoms with Crippen molar-refractivity contribution >= 4 is 0 Å². The summed E-state index contributed by atoms with van der Waals surface area (Å²) in [4.78, 5) is 0. The first kappa shape index (κ1) is 26.8. The Labute approximate surface area is 220 Å². The van der Waals surface area contributed by atoms with Gasteiger partial charge in [-0.05, 0) is 135 Å². The molecule has 3 saturated carbocycles. The molecule has 2 aromatic rings. The van der Waals surface area contributed by atoms with Crippen LogP contribution in [-0.2, 0) is 0 Å². The Morgan fingerprint density at radius 1 is 0.568 bits per heavy atom. The summed E-state index contributed by atoms with van der Waals surface area (Å²) in [6.07, 6.45) is 16.3. The van der Waals surface area contributed by atoms with Crippen LogP contribution in [0.5, 0.6) is 0 Å². The molecular formula is C33H42F4. The van der Waals surface area contributed by atoms with Gasteiger partial charge in [-0.25, -0.2) is 17.6 Å². The van der Waals surface area contributed by atoms with Crippen LogP contribution in [0.15, 0.2) is 30.3 Å². The minimum absolute atomic E-state index is 0.0138. The fraction of sp³-hybridized carbons (Fsp3) is 0.636. The first-order valence-electron chi connectivity index (χ1n) is 14.9. The summed E-state index contributed by atoms with van der Waals surface area (Å²) in [5.41, 5.74) is 2.43. The van der Waals surface area contributed by atoms with E-state index in [1.165, 1.54) is 64.2 Å². The maximum atomic E-state index is 15.3. The Bertz CT molecular complexity index is 1020. The molecule has 0 aliphatic heterocycles. The van der Waals surface area contributed by atoms with E-state index < -0.39 is 17.5 Å². The lowest BCUT2D eigenvalue weighted by molar-refractivity contribution is 0.156. The lowest BCUT2D eigenvalue weighted by Crippen LogP contribution is -2.25. The average molecular weight is 515 g/mol. The van der Waals surface area contributed by atoms with Gasteiger partial charge >= 0.3 is 0 Å². The third-order valence-corrected chi connectivity index (χ3v) is 10.2. The van der Waals surface area contributed by atoms with Crippen LogP contribution in [0.3, 0.4) is 0 Å². The number of benzene rings is 2. The van der Waals surface area contributed by atoms with Crippen molar-refractivity contribution < 1.29 is 17.6 Å². The van der Waals surface area contributed by atoms with E-state index in [0.29, 0.717) is 11.5 Å². The normalized spacial score (nSPS) is 30.8. The summed E-state index contributed by atoms with van der Waals surface area (Å²) in [5.74, 6) is -0.470. The van der Waals surface area contributed by atoms with Gasteiger partial charge in [-0.1, -0.05) is 44.7 Å². The molecule has 4 heteroatoms. The van der Waals surface area contributed by atoms with E-state index in [1.807, 2.05) is 6.07 Å². The van der Waals surface area contributed by atoms with Crippen LogP contribution >= 0.6 is 0 Å². The molecule has 3 fully saturated rings. The summed E-state index contributed by atoms with van der Waals surface area (Å²) >= 11 is 0. The van der Waals surface area contributed by atoms with E-state index in [2.05, 4.69) is 13.0 Å². The first-order valence-corrected chi connectivity index (χ1v) is 14.9. The molecular weight excluding hydrogens is 472 g/mol. The highest BCUT2D eigenvalue weighted by Gasteiger charge is 2.32. The largest absolute Gasteiger partial charge is 0.207 e. The highest BCUT2D eigenvalue weighted by Crippen LogP contribution is 2.46. The van der Waals surface area contributed by atoms with Gasteiger partial charge in [0, 0.05) is 0 Å². The van der Waals surface area contributed by atoms with E-state index in [0.717, 1.165) is 66.7 Å². The third kappa shape index (κ3) is 6.09. The van der Waals surface area contributed by atoms with Crippen molar-refractivity contribution in [2.24, 2.45) is 17.8 Å². The predicted octanol–water partition coefficient (Wildman–Crippen LogP) is 10.6. The van der Waals surface area contributed by atoms with Crippen molar-refractivity contribution in [2.75, 3.05) is 0 Å². The van der Waals surface area contributed by atoms with Crippen LogP contribution in [0.25, 0.3) is 0 Å². The molecule has 0 aromatic heterocycles. The van der Waals surface area contributed by atoms with Crippen molar-refractivity contribution in [3.05, 3.63) is 70.3 Å². The minimum atomic E-state index is -1.41. The van der Waals surface area contributed by atoms with Gasteiger partial charge in [0.25, 0.3) is 0 Å². The fourth-order valence-corrected chi connectivity index (χ4v) is 7.96. The molecule has 2 aromatic carbocycles. The van der Waals surface area contributed by atoms with Gasteiger partial charge in [-0.3, -0.25) is 0 Å². The SMILES string of the molecule is CCCC1CCC(C2CCC(c3ccc(C4CCC(c5cc(F)c(F)c(F)c5)CC4)c(F)c3)CC2)CC1. The highest BCUT2D eigenvalue weighted by atomic mass is 19.2. The van der Waals surface area contributed by atoms with Crippen LogP contribution in [0, 0.1) is 41.0 Å². The zero-order valence-corrected chi connectivity index (χ0v) is 22.3. The van der Waals surface area contributed by atoms with Gasteiger partial charge in [-0.15, -0.1) is 0 Å². The molecule has 0 heterocycles. The number of halogens is 4. The summed E-state index contributed by atoms with van der Waals surface area (Å²) in [6, 6.07) is 8.16. The first-order chi connectivity index (χ1) is 17.9. The Kier molecular flexibility index (Phi) is 8.61. The topological polar surface area (TPSA) is 0 Å². The maximum Gasteiger partial charge on any atom is 0.194 e. The molecule has 0 amide bonds. The van der Waals surface area contributed by atoms with Gasteiger partial charge in [0.2, 0.25) is 0 Å². The number of rotatable bonds is 6. The smallest absolute Gasteiger partial charge is 0.194 e. The van der Waals surface area contributed by atoms with Gasteiger partial charge in [0.05, 0.1) is 0 Å².